The number of pyridine rings is 1. The van der Waals surface area contributed by atoms with Gasteiger partial charge in [-0.15, -0.1) is 0 Å². The number of ether oxygens (including phenoxy) is 1. The molecule has 0 unspecified atom stereocenters. The number of carbonyl (C=O) groups excluding carboxylic acids is 1. The first-order chi connectivity index (χ1) is 15.9. The molecule has 3 aliphatic rings. The van der Waals surface area contributed by atoms with Gasteiger partial charge in [0, 0.05) is 50.0 Å². The van der Waals surface area contributed by atoms with Gasteiger partial charge in [-0.25, -0.2) is 12.8 Å². The van der Waals surface area contributed by atoms with Gasteiger partial charge in [-0.1, -0.05) is 18.2 Å². The lowest BCUT2D eigenvalue weighted by Gasteiger charge is -2.37. The number of sulfonamides is 1. The second kappa shape index (κ2) is 8.32. The number of hydrogen-bond acceptors (Lipinski definition) is 6. The number of morpholine rings is 1. The molecule has 4 atom stereocenters. The fraction of sp³-hybridized carbons (Fsp3) is 0.455. The van der Waals surface area contributed by atoms with E-state index in [2.05, 4.69) is 0 Å². The summed E-state index contributed by atoms with van der Waals surface area (Å²) in [6.45, 7) is 0.956. The minimum absolute atomic E-state index is 0.0304. The van der Waals surface area contributed by atoms with Crippen LogP contribution in [-0.2, 0) is 26.1 Å². The van der Waals surface area contributed by atoms with Gasteiger partial charge < -0.3 is 19.3 Å². The van der Waals surface area contributed by atoms with E-state index in [1.807, 2.05) is 0 Å². The normalized spacial score (nSPS) is 27.4. The van der Waals surface area contributed by atoms with Gasteiger partial charge in [0.2, 0.25) is 15.9 Å². The number of rotatable bonds is 4. The Balaban J connectivity index is 1.68. The number of amides is 1. The van der Waals surface area contributed by atoms with E-state index in [1.54, 1.807) is 11.0 Å². The van der Waals surface area contributed by atoms with E-state index < -0.39 is 51.3 Å². The third kappa shape index (κ3) is 3.41. The molecule has 2 aromatic rings. The van der Waals surface area contributed by atoms with Crippen molar-refractivity contribution in [3.63, 3.8) is 0 Å². The molecule has 0 spiro atoms. The fourth-order valence-corrected chi connectivity index (χ4v) is 7.29. The van der Waals surface area contributed by atoms with E-state index in [9.17, 15) is 27.5 Å². The molecule has 3 aliphatic heterocycles. The standard InChI is InChI=1S/C22H24FN3O6S/c23-15-4-1-2-6-18(15)33(30,31)26-17-12-25-16(5-3-7-19(25)28)21(26)20(14(17)13-27)22(29)24-8-10-32-11-9-24/h1-7,14,17,20-21,27H,8-13H2/t14-,17-,20+,21+/m0/s1. The van der Waals surface area contributed by atoms with Crippen molar-refractivity contribution in [2.24, 2.45) is 11.8 Å². The molecule has 9 nitrogen and oxygen atoms in total. The molecule has 1 N–H and O–H groups in total. The Labute approximate surface area is 190 Å². The lowest BCUT2D eigenvalue weighted by atomic mass is 9.86. The summed E-state index contributed by atoms with van der Waals surface area (Å²) in [7, 11) is -4.39. The van der Waals surface area contributed by atoms with Crippen LogP contribution in [0.2, 0.25) is 0 Å². The topological polar surface area (TPSA) is 109 Å². The van der Waals surface area contributed by atoms with Crippen LogP contribution in [0.25, 0.3) is 0 Å². The van der Waals surface area contributed by atoms with Crippen molar-refractivity contribution < 1.29 is 27.4 Å². The van der Waals surface area contributed by atoms with E-state index in [0.717, 1.165) is 10.4 Å². The monoisotopic (exact) mass is 477 g/mol. The SMILES string of the molecule is O=C([C@@H]1[C@@H](CO)[C@@H]2Cn3c(cccc3=O)[C@H]1N2S(=O)(=O)c1ccccc1F)N1CCOCC1. The largest absolute Gasteiger partial charge is 0.396 e. The average molecular weight is 478 g/mol. The summed E-state index contributed by atoms with van der Waals surface area (Å²) in [5, 5.41) is 10.3. The Bertz CT molecular complexity index is 1240. The van der Waals surface area contributed by atoms with Crippen LogP contribution in [0.4, 0.5) is 4.39 Å². The van der Waals surface area contributed by atoms with Crippen molar-refractivity contribution >= 4 is 15.9 Å². The highest BCUT2D eigenvalue weighted by atomic mass is 32.2. The Morgan fingerprint density at radius 2 is 1.85 bits per heavy atom. The van der Waals surface area contributed by atoms with Crippen LogP contribution in [0.3, 0.4) is 0 Å². The third-order valence-corrected chi connectivity index (χ3v) is 8.80. The maximum atomic E-state index is 14.6. The zero-order chi connectivity index (χ0) is 23.3. The second-order valence-electron chi connectivity index (χ2n) is 8.49. The van der Waals surface area contributed by atoms with Crippen LogP contribution >= 0.6 is 0 Å². The van der Waals surface area contributed by atoms with Gasteiger partial charge in [0.05, 0.1) is 25.2 Å². The molecule has 176 valence electrons. The summed E-state index contributed by atoms with van der Waals surface area (Å²) in [6, 6.07) is 7.66. The molecule has 11 heteroatoms. The van der Waals surface area contributed by atoms with Crippen LogP contribution < -0.4 is 5.56 Å². The minimum Gasteiger partial charge on any atom is -0.396 e. The minimum atomic E-state index is -4.39. The van der Waals surface area contributed by atoms with Gasteiger partial charge >= 0.3 is 0 Å². The molecular formula is C22H24FN3O6S. The van der Waals surface area contributed by atoms with E-state index >= 15 is 0 Å². The maximum Gasteiger partial charge on any atom is 0.250 e. The molecule has 4 heterocycles. The Morgan fingerprint density at radius 3 is 2.55 bits per heavy atom. The van der Waals surface area contributed by atoms with Crippen molar-refractivity contribution in [2.45, 2.75) is 23.5 Å². The fourth-order valence-electron chi connectivity index (χ4n) is 5.38. The lowest BCUT2D eigenvalue weighted by molar-refractivity contribution is -0.142. The average Bonchev–Trinajstić information content (AvgIpc) is 3.07. The molecular weight excluding hydrogens is 453 g/mol. The van der Waals surface area contributed by atoms with Crippen LogP contribution in [0.15, 0.2) is 52.2 Å². The van der Waals surface area contributed by atoms with Gasteiger partial charge in [0.15, 0.2) is 0 Å². The maximum absolute atomic E-state index is 14.6. The number of aliphatic hydroxyl groups is 1. The number of hydrogen-bond donors (Lipinski definition) is 1. The van der Waals surface area contributed by atoms with Gasteiger partial charge in [-0.2, -0.15) is 4.31 Å². The molecule has 0 saturated carbocycles. The molecule has 2 saturated heterocycles. The number of nitrogens with zero attached hydrogens (tertiary/aromatic N) is 3. The zero-order valence-electron chi connectivity index (χ0n) is 17.7. The highest BCUT2D eigenvalue weighted by Gasteiger charge is 2.60. The van der Waals surface area contributed by atoms with E-state index in [-0.39, 0.29) is 18.0 Å². The van der Waals surface area contributed by atoms with Crippen LogP contribution in [0, 0.1) is 17.7 Å². The van der Waals surface area contributed by atoms with Crippen molar-refractivity contribution in [1.82, 2.24) is 13.8 Å². The predicted octanol–water partition coefficient (Wildman–Crippen LogP) is 0.199. The van der Waals surface area contributed by atoms with Crippen LogP contribution in [-0.4, -0.2) is 72.2 Å². The summed E-state index contributed by atoms with van der Waals surface area (Å²) >= 11 is 0. The number of aliphatic hydroxyl groups excluding tert-OH is 1. The molecule has 2 bridgehead atoms. The molecule has 2 fully saturated rings. The van der Waals surface area contributed by atoms with Crippen LogP contribution in [0.1, 0.15) is 11.7 Å². The molecule has 5 rings (SSSR count). The second-order valence-corrected chi connectivity index (χ2v) is 10.3. The van der Waals surface area contributed by atoms with E-state index in [4.69, 9.17) is 4.74 Å². The predicted molar refractivity (Wildman–Crippen MR) is 114 cm³/mol. The van der Waals surface area contributed by atoms with Gasteiger partial charge in [0.1, 0.15) is 10.7 Å². The quantitative estimate of drug-likeness (QED) is 0.674. The first-order valence-corrected chi connectivity index (χ1v) is 12.3. The number of carbonyl (C=O) groups is 1. The Morgan fingerprint density at radius 1 is 1.12 bits per heavy atom. The van der Waals surface area contributed by atoms with Crippen molar-refractivity contribution in [2.75, 3.05) is 32.9 Å². The van der Waals surface area contributed by atoms with Gasteiger partial charge in [-0.3, -0.25) is 9.59 Å². The number of fused-ring (bicyclic) bond motifs is 4. The molecule has 0 aliphatic carbocycles. The van der Waals surface area contributed by atoms with Gasteiger partial charge in [-0.05, 0) is 18.2 Å². The molecule has 1 aromatic heterocycles. The summed E-state index contributed by atoms with van der Waals surface area (Å²) in [5.41, 5.74) is 0.0443. The molecule has 1 amide bonds. The lowest BCUT2D eigenvalue weighted by Crippen LogP contribution is -2.49. The van der Waals surface area contributed by atoms with Crippen LogP contribution in [0.5, 0.6) is 0 Å². The smallest absolute Gasteiger partial charge is 0.250 e. The highest BCUT2D eigenvalue weighted by molar-refractivity contribution is 7.89. The van der Waals surface area contributed by atoms with E-state index in [0.29, 0.717) is 32.0 Å². The number of aromatic nitrogens is 1. The molecule has 33 heavy (non-hydrogen) atoms. The first kappa shape index (κ1) is 22.2. The number of benzene rings is 1. The summed E-state index contributed by atoms with van der Waals surface area (Å²) in [5.74, 6) is -2.88. The van der Waals surface area contributed by atoms with E-state index in [1.165, 1.54) is 34.9 Å². The van der Waals surface area contributed by atoms with Crippen molar-refractivity contribution in [3.8, 4) is 0 Å². The summed E-state index contributed by atoms with van der Waals surface area (Å²) in [6.07, 6.45) is 0. The highest BCUT2D eigenvalue weighted by Crippen LogP contribution is 2.51. The Kier molecular flexibility index (Phi) is 5.60. The Hall–Kier alpha value is -2.60. The summed E-state index contributed by atoms with van der Waals surface area (Å²) in [4.78, 5) is 27.4. The summed E-state index contributed by atoms with van der Waals surface area (Å²) < 4.78 is 50.0. The third-order valence-electron chi connectivity index (χ3n) is 6.86. The number of halogens is 1. The van der Waals surface area contributed by atoms with Gasteiger partial charge in [0.25, 0.3) is 5.56 Å². The molecule has 0 radical (unpaired) electrons. The first-order valence-electron chi connectivity index (χ1n) is 10.8. The van der Waals surface area contributed by atoms with Crippen molar-refractivity contribution in [1.29, 1.82) is 0 Å². The van der Waals surface area contributed by atoms with Crippen molar-refractivity contribution in [3.05, 3.63) is 64.3 Å². The zero-order valence-corrected chi connectivity index (χ0v) is 18.5. The molecule has 1 aromatic carbocycles.